The zero-order valence-corrected chi connectivity index (χ0v) is 14.7. The van der Waals surface area contributed by atoms with Crippen LogP contribution in [0.15, 0.2) is 40.6 Å². The molecule has 0 amide bonds. The number of rotatable bonds is 7. The van der Waals surface area contributed by atoms with Crippen molar-refractivity contribution >= 4 is 27.3 Å². The van der Waals surface area contributed by atoms with E-state index < -0.39 is 16.0 Å². The number of methoxy groups -OCH3 is 1. The van der Waals surface area contributed by atoms with Crippen molar-refractivity contribution in [2.75, 3.05) is 13.7 Å². The van der Waals surface area contributed by atoms with Gasteiger partial charge in [-0.2, -0.15) is 0 Å². The summed E-state index contributed by atoms with van der Waals surface area (Å²) in [6, 6.07) is 9.49. The minimum Gasteiger partial charge on any atom is -0.465 e. The van der Waals surface area contributed by atoms with Crippen LogP contribution in [0.5, 0.6) is 0 Å². The summed E-state index contributed by atoms with van der Waals surface area (Å²) in [4.78, 5) is 11.7. The molecule has 0 fully saturated rings. The highest BCUT2D eigenvalue weighted by Gasteiger charge is 2.24. The Kier molecular flexibility index (Phi) is 5.92. The molecule has 0 aliphatic heterocycles. The second-order valence-electron chi connectivity index (χ2n) is 4.92. The molecule has 0 atom stereocenters. The maximum absolute atomic E-state index is 12.3. The first-order valence-electron chi connectivity index (χ1n) is 7.21. The van der Waals surface area contributed by atoms with E-state index in [9.17, 15) is 13.2 Å². The van der Waals surface area contributed by atoms with E-state index in [0.717, 1.165) is 23.3 Å². The van der Waals surface area contributed by atoms with Crippen LogP contribution in [-0.2, 0) is 27.6 Å². The van der Waals surface area contributed by atoms with Crippen LogP contribution in [0.2, 0.25) is 0 Å². The van der Waals surface area contributed by atoms with E-state index in [1.54, 1.807) is 5.38 Å². The van der Waals surface area contributed by atoms with Crippen molar-refractivity contribution in [1.29, 1.82) is 0 Å². The molecule has 0 unspecified atom stereocenters. The minimum atomic E-state index is -3.73. The lowest BCUT2D eigenvalue weighted by Gasteiger charge is -2.07. The van der Waals surface area contributed by atoms with Gasteiger partial charge in [-0.1, -0.05) is 31.2 Å². The molecule has 23 heavy (non-hydrogen) atoms. The van der Waals surface area contributed by atoms with E-state index in [0.29, 0.717) is 6.42 Å². The van der Waals surface area contributed by atoms with Gasteiger partial charge in [-0.15, -0.1) is 11.3 Å². The number of thiophene rings is 1. The second-order valence-corrected chi connectivity index (χ2v) is 7.57. The fourth-order valence-corrected chi connectivity index (χ4v) is 4.46. The molecule has 5 nitrogen and oxygen atoms in total. The maximum Gasteiger partial charge on any atom is 0.349 e. The van der Waals surface area contributed by atoms with Crippen LogP contribution in [0.25, 0.3) is 0 Å². The molecule has 2 aromatic rings. The smallest absolute Gasteiger partial charge is 0.349 e. The first kappa shape index (κ1) is 17.7. The summed E-state index contributed by atoms with van der Waals surface area (Å²) < 4.78 is 31.8. The Hall–Kier alpha value is -1.70. The Morgan fingerprint density at radius 2 is 1.83 bits per heavy atom. The molecule has 2 rings (SSSR count). The van der Waals surface area contributed by atoms with Crippen LogP contribution in [0.1, 0.15) is 27.7 Å². The van der Waals surface area contributed by atoms with E-state index in [-0.39, 0.29) is 16.3 Å². The van der Waals surface area contributed by atoms with Crippen LogP contribution in [0, 0.1) is 0 Å². The van der Waals surface area contributed by atoms with Crippen molar-refractivity contribution in [2.45, 2.75) is 24.7 Å². The second kappa shape index (κ2) is 7.72. The zero-order chi connectivity index (χ0) is 16.9. The fraction of sp³-hybridized carbons (Fsp3) is 0.312. The van der Waals surface area contributed by atoms with E-state index in [1.165, 1.54) is 18.7 Å². The Morgan fingerprint density at radius 3 is 2.43 bits per heavy atom. The summed E-state index contributed by atoms with van der Waals surface area (Å²) in [6.07, 6.45) is 1.56. The lowest BCUT2D eigenvalue weighted by Crippen LogP contribution is -2.27. The van der Waals surface area contributed by atoms with Gasteiger partial charge in [-0.05, 0) is 35.4 Å². The summed E-state index contributed by atoms with van der Waals surface area (Å²) >= 11 is 1.05. The van der Waals surface area contributed by atoms with Gasteiger partial charge in [0.1, 0.15) is 9.77 Å². The molecule has 1 N–H and O–H groups in total. The zero-order valence-electron chi connectivity index (χ0n) is 13.0. The number of aryl methyl sites for hydroxylation is 1. The maximum atomic E-state index is 12.3. The molecule has 0 saturated heterocycles. The SMILES string of the molecule is CCc1ccc(CCNS(=O)(=O)c2ccsc2C(=O)OC)cc1. The topological polar surface area (TPSA) is 72.5 Å². The van der Waals surface area contributed by atoms with Gasteiger partial charge < -0.3 is 4.74 Å². The number of hydrogen-bond acceptors (Lipinski definition) is 5. The van der Waals surface area contributed by atoms with E-state index >= 15 is 0 Å². The molecule has 1 aromatic heterocycles. The van der Waals surface area contributed by atoms with Gasteiger partial charge in [0.2, 0.25) is 10.0 Å². The predicted octanol–water partition coefficient (Wildman–Crippen LogP) is 2.62. The van der Waals surface area contributed by atoms with Crippen LogP contribution in [-0.4, -0.2) is 28.0 Å². The molecule has 0 aliphatic carbocycles. The Morgan fingerprint density at radius 1 is 1.17 bits per heavy atom. The molecule has 1 aromatic carbocycles. The molecule has 0 aliphatic rings. The van der Waals surface area contributed by atoms with Crippen LogP contribution < -0.4 is 4.72 Å². The number of carbonyl (C=O) groups excluding carboxylic acids is 1. The van der Waals surface area contributed by atoms with Gasteiger partial charge in [0.25, 0.3) is 0 Å². The van der Waals surface area contributed by atoms with E-state index in [4.69, 9.17) is 0 Å². The van der Waals surface area contributed by atoms with Crippen LogP contribution >= 0.6 is 11.3 Å². The summed E-state index contributed by atoms with van der Waals surface area (Å²) in [5.41, 5.74) is 2.30. The van der Waals surface area contributed by atoms with Gasteiger partial charge in [-0.25, -0.2) is 17.9 Å². The van der Waals surface area contributed by atoms with Crippen molar-refractivity contribution in [3.8, 4) is 0 Å². The fourth-order valence-electron chi connectivity index (χ4n) is 2.10. The quantitative estimate of drug-likeness (QED) is 0.777. The molecule has 0 bridgehead atoms. The number of nitrogens with one attached hydrogen (secondary N) is 1. The summed E-state index contributed by atoms with van der Waals surface area (Å²) in [5.74, 6) is -0.643. The van der Waals surface area contributed by atoms with Gasteiger partial charge in [0, 0.05) is 6.54 Å². The molecular weight excluding hydrogens is 334 g/mol. The van der Waals surface area contributed by atoms with Crippen molar-refractivity contribution in [3.63, 3.8) is 0 Å². The highest BCUT2D eigenvalue weighted by Crippen LogP contribution is 2.22. The molecule has 0 saturated carbocycles. The number of esters is 1. The Bertz CT molecular complexity index is 764. The van der Waals surface area contributed by atoms with Crippen LogP contribution in [0.4, 0.5) is 0 Å². The highest BCUT2D eigenvalue weighted by atomic mass is 32.2. The summed E-state index contributed by atoms with van der Waals surface area (Å²) in [5, 5.41) is 1.56. The predicted molar refractivity (Wildman–Crippen MR) is 90.4 cm³/mol. The van der Waals surface area contributed by atoms with Gasteiger partial charge >= 0.3 is 5.97 Å². The largest absolute Gasteiger partial charge is 0.465 e. The van der Waals surface area contributed by atoms with Crippen molar-refractivity contribution in [1.82, 2.24) is 4.72 Å². The third-order valence-corrected chi connectivity index (χ3v) is 5.95. The highest BCUT2D eigenvalue weighted by molar-refractivity contribution is 7.89. The van der Waals surface area contributed by atoms with Crippen molar-refractivity contribution < 1.29 is 17.9 Å². The lowest BCUT2D eigenvalue weighted by atomic mass is 10.1. The van der Waals surface area contributed by atoms with E-state index in [1.807, 2.05) is 24.3 Å². The van der Waals surface area contributed by atoms with Gasteiger partial charge in [0.15, 0.2) is 0 Å². The number of benzene rings is 1. The molecular formula is C16H19NO4S2. The third-order valence-electron chi connectivity index (χ3n) is 3.43. The van der Waals surface area contributed by atoms with Crippen molar-refractivity contribution in [2.24, 2.45) is 0 Å². The van der Waals surface area contributed by atoms with Crippen LogP contribution in [0.3, 0.4) is 0 Å². The van der Waals surface area contributed by atoms with Crippen molar-refractivity contribution in [3.05, 3.63) is 51.7 Å². The molecule has 0 spiro atoms. The lowest BCUT2D eigenvalue weighted by molar-refractivity contribution is 0.0602. The first-order chi connectivity index (χ1) is 11.0. The number of carbonyl (C=O) groups is 1. The summed E-state index contributed by atoms with van der Waals surface area (Å²) in [7, 11) is -2.50. The third kappa shape index (κ3) is 4.40. The molecule has 7 heteroatoms. The number of sulfonamides is 1. The number of ether oxygens (including phenoxy) is 1. The number of hydrogen-bond donors (Lipinski definition) is 1. The Labute approximate surface area is 140 Å². The average Bonchev–Trinajstić information content (AvgIpc) is 3.05. The molecule has 124 valence electrons. The Balaban J connectivity index is 2.01. The van der Waals surface area contributed by atoms with E-state index in [2.05, 4.69) is 16.4 Å². The molecule has 1 heterocycles. The standard InChI is InChI=1S/C16H19NO4S2/c1-3-12-4-6-13(7-5-12)8-10-17-23(19,20)14-9-11-22-15(14)16(18)21-2/h4-7,9,11,17H,3,8,10H2,1-2H3. The van der Waals surface area contributed by atoms with Gasteiger partial charge in [-0.3, -0.25) is 0 Å². The molecule has 0 radical (unpaired) electrons. The minimum absolute atomic E-state index is 0.0318. The van der Waals surface area contributed by atoms with Gasteiger partial charge in [0.05, 0.1) is 7.11 Å². The average molecular weight is 353 g/mol. The normalized spacial score (nSPS) is 11.4. The first-order valence-corrected chi connectivity index (χ1v) is 9.57. The monoisotopic (exact) mass is 353 g/mol. The summed E-state index contributed by atoms with van der Waals surface area (Å²) in [6.45, 7) is 2.35.